The van der Waals surface area contributed by atoms with Gasteiger partial charge in [0.15, 0.2) is 5.03 Å². The van der Waals surface area contributed by atoms with Crippen molar-refractivity contribution in [3.63, 3.8) is 0 Å². The van der Waals surface area contributed by atoms with E-state index in [1.807, 2.05) is 24.3 Å². The molecule has 1 aromatic heterocycles. The summed E-state index contributed by atoms with van der Waals surface area (Å²) in [5, 5.41) is 3.49. The van der Waals surface area contributed by atoms with Crippen LogP contribution in [0.5, 0.6) is 0 Å². The number of nitrogens with one attached hydrogen (secondary N) is 1. The fourth-order valence-electron chi connectivity index (χ4n) is 5.04. The van der Waals surface area contributed by atoms with Crippen molar-refractivity contribution in [2.45, 2.75) is 35.6 Å². The number of halogens is 4. The van der Waals surface area contributed by atoms with Crippen LogP contribution in [0.1, 0.15) is 28.2 Å². The minimum Gasteiger partial charge on any atom is -0.339 e. The first kappa shape index (κ1) is 23.3. The third kappa shape index (κ3) is 3.92. The van der Waals surface area contributed by atoms with Gasteiger partial charge in [-0.3, -0.25) is 0 Å². The van der Waals surface area contributed by atoms with Crippen LogP contribution in [0, 0.1) is 0 Å². The largest absolute Gasteiger partial charge is 0.416 e. The molecule has 2 atom stereocenters. The Bertz CT molecular complexity index is 1360. The lowest BCUT2D eigenvalue weighted by Gasteiger charge is -2.31. The summed E-state index contributed by atoms with van der Waals surface area (Å²) in [5.74, 6) is -0.115. The van der Waals surface area contributed by atoms with Crippen LogP contribution in [0.2, 0.25) is 5.02 Å². The highest BCUT2D eigenvalue weighted by Crippen LogP contribution is 2.47. The van der Waals surface area contributed by atoms with Gasteiger partial charge in [0.05, 0.1) is 11.9 Å². The summed E-state index contributed by atoms with van der Waals surface area (Å²) in [6.45, 7) is 0.701. The lowest BCUT2D eigenvalue weighted by atomic mass is 9.87. The number of alkyl halides is 3. The number of aryl methyl sites for hydroxylation is 1. The van der Waals surface area contributed by atoms with E-state index in [1.165, 1.54) is 22.9 Å². The molecule has 1 aliphatic heterocycles. The van der Waals surface area contributed by atoms with Crippen molar-refractivity contribution in [3.05, 3.63) is 82.3 Å². The van der Waals surface area contributed by atoms with Crippen molar-refractivity contribution in [3.8, 4) is 0 Å². The molecule has 2 aromatic carbocycles. The molecule has 5 rings (SSSR count). The second kappa shape index (κ2) is 8.08. The van der Waals surface area contributed by atoms with E-state index < -0.39 is 27.3 Å². The van der Waals surface area contributed by atoms with Gasteiger partial charge in [0.25, 0.3) is 10.0 Å². The Morgan fingerprint density at radius 1 is 1.24 bits per heavy atom. The first-order chi connectivity index (χ1) is 16.0. The maximum Gasteiger partial charge on any atom is 0.416 e. The second-order valence-electron chi connectivity index (χ2n) is 8.92. The van der Waals surface area contributed by atoms with Gasteiger partial charge in [0, 0.05) is 49.4 Å². The van der Waals surface area contributed by atoms with Gasteiger partial charge in [-0.2, -0.15) is 17.5 Å². The lowest BCUT2D eigenvalue weighted by molar-refractivity contribution is -0.137. The van der Waals surface area contributed by atoms with Crippen LogP contribution in [0.25, 0.3) is 0 Å². The molecule has 3 aromatic rings. The molecule has 34 heavy (non-hydrogen) atoms. The van der Waals surface area contributed by atoms with Crippen molar-refractivity contribution >= 4 is 21.6 Å². The molecule has 11 heteroatoms. The first-order valence-corrected chi connectivity index (χ1v) is 12.5. The average molecular weight is 511 g/mol. The monoisotopic (exact) mass is 510 g/mol. The summed E-state index contributed by atoms with van der Waals surface area (Å²) < 4.78 is 68.6. The third-order valence-electron chi connectivity index (χ3n) is 6.74. The number of aromatic nitrogens is 2. The number of sulfonamides is 1. The quantitative estimate of drug-likeness (QED) is 0.564. The number of hydrogen-bond acceptors (Lipinski definition) is 4. The predicted molar refractivity (Wildman–Crippen MR) is 121 cm³/mol. The highest BCUT2D eigenvalue weighted by Gasteiger charge is 2.54. The molecule has 0 spiro atoms. The zero-order valence-corrected chi connectivity index (χ0v) is 19.8. The van der Waals surface area contributed by atoms with Crippen LogP contribution < -0.4 is 5.32 Å². The van der Waals surface area contributed by atoms with Crippen LogP contribution in [0.4, 0.5) is 13.2 Å². The van der Waals surface area contributed by atoms with Gasteiger partial charge in [-0.15, -0.1) is 0 Å². The van der Waals surface area contributed by atoms with Crippen LogP contribution in [0.15, 0.2) is 60.0 Å². The SMILES string of the molecule is Cn1cnc(S(=O)(=O)N2CC3c4ccccc4CC3(NCc3ccc(C(F)(F)F)cc3Cl)C2)c1. The molecule has 2 aliphatic rings. The van der Waals surface area contributed by atoms with Gasteiger partial charge in [-0.1, -0.05) is 41.9 Å². The normalized spacial score (nSPS) is 22.7. The topological polar surface area (TPSA) is 67.2 Å². The third-order valence-corrected chi connectivity index (χ3v) is 8.79. The van der Waals surface area contributed by atoms with Crippen LogP contribution >= 0.6 is 11.6 Å². The maximum atomic E-state index is 13.3. The van der Waals surface area contributed by atoms with E-state index >= 15 is 0 Å². The first-order valence-electron chi connectivity index (χ1n) is 10.7. The van der Waals surface area contributed by atoms with Gasteiger partial charge in [-0.05, 0) is 35.2 Å². The number of rotatable bonds is 5. The molecule has 2 unspecified atom stereocenters. The van der Waals surface area contributed by atoms with E-state index in [2.05, 4.69) is 10.3 Å². The minimum atomic E-state index is -4.47. The molecule has 0 amide bonds. The number of benzene rings is 2. The fourth-order valence-corrected chi connectivity index (χ4v) is 6.77. The number of imidazole rings is 1. The number of nitrogens with zero attached hydrogens (tertiary/aromatic N) is 3. The summed E-state index contributed by atoms with van der Waals surface area (Å²) in [6.07, 6.45) is -0.961. The molecule has 0 radical (unpaired) electrons. The van der Waals surface area contributed by atoms with Crippen LogP contribution in [-0.4, -0.2) is 40.9 Å². The molecule has 0 bridgehead atoms. The molecule has 6 nitrogen and oxygen atoms in total. The van der Waals surface area contributed by atoms with Gasteiger partial charge >= 0.3 is 6.18 Å². The molecule has 1 aliphatic carbocycles. The number of hydrogen-bond donors (Lipinski definition) is 1. The molecule has 1 N–H and O–H groups in total. The van der Waals surface area contributed by atoms with Gasteiger partial charge in [-0.25, -0.2) is 13.4 Å². The average Bonchev–Trinajstić information content (AvgIpc) is 3.44. The van der Waals surface area contributed by atoms with E-state index in [9.17, 15) is 21.6 Å². The van der Waals surface area contributed by atoms with E-state index in [-0.39, 0.29) is 35.6 Å². The summed E-state index contributed by atoms with van der Waals surface area (Å²) in [4.78, 5) is 4.03. The maximum absolute atomic E-state index is 13.3. The Balaban J connectivity index is 1.45. The molecular weight excluding hydrogens is 489 g/mol. The van der Waals surface area contributed by atoms with Crippen LogP contribution in [0.3, 0.4) is 0 Å². The Morgan fingerprint density at radius 2 is 2.00 bits per heavy atom. The van der Waals surface area contributed by atoms with E-state index in [0.717, 1.165) is 23.3 Å². The van der Waals surface area contributed by atoms with Crippen LogP contribution in [-0.2, 0) is 36.2 Å². The van der Waals surface area contributed by atoms with Crippen molar-refractivity contribution < 1.29 is 21.6 Å². The highest BCUT2D eigenvalue weighted by atomic mass is 35.5. The zero-order valence-electron chi connectivity index (χ0n) is 18.2. The van der Waals surface area contributed by atoms with Gasteiger partial charge in [0.2, 0.25) is 0 Å². The highest BCUT2D eigenvalue weighted by molar-refractivity contribution is 7.89. The van der Waals surface area contributed by atoms with E-state index in [0.29, 0.717) is 12.0 Å². The second-order valence-corrected chi connectivity index (χ2v) is 11.2. The zero-order chi connectivity index (χ0) is 24.3. The summed E-state index contributed by atoms with van der Waals surface area (Å²) in [5.41, 5.74) is 1.31. The number of fused-ring (bicyclic) bond motifs is 3. The van der Waals surface area contributed by atoms with Crippen molar-refractivity contribution in [2.24, 2.45) is 7.05 Å². The van der Waals surface area contributed by atoms with Crippen molar-refractivity contribution in [2.75, 3.05) is 13.1 Å². The molecule has 0 saturated carbocycles. The fraction of sp³-hybridized carbons (Fsp3) is 0.348. The van der Waals surface area contributed by atoms with Crippen molar-refractivity contribution in [1.29, 1.82) is 0 Å². The Labute approximate surface area is 200 Å². The lowest BCUT2D eigenvalue weighted by Crippen LogP contribution is -2.50. The van der Waals surface area contributed by atoms with E-state index in [1.54, 1.807) is 11.6 Å². The Hall–Kier alpha value is -2.40. The molecule has 1 fully saturated rings. The smallest absolute Gasteiger partial charge is 0.339 e. The van der Waals surface area contributed by atoms with Gasteiger partial charge < -0.3 is 9.88 Å². The van der Waals surface area contributed by atoms with Crippen molar-refractivity contribution in [1.82, 2.24) is 19.2 Å². The molecule has 2 heterocycles. The summed E-state index contributed by atoms with van der Waals surface area (Å²) in [7, 11) is -2.10. The minimum absolute atomic E-state index is 0.0100. The Morgan fingerprint density at radius 3 is 2.68 bits per heavy atom. The predicted octanol–water partition coefficient (Wildman–Crippen LogP) is 3.97. The molecule has 180 valence electrons. The van der Waals surface area contributed by atoms with E-state index in [4.69, 9.17) is 11.6 Å². The van der Waals surface area contributed by atoms with Gasteiger partial charge in [0.1, 0.15) is 0 Å². The molecular formula is C23H22ClF3N4O2S. The Kier molecular flexibility index (Phi) is 5.55. The summed E-state index contributed by atoms with van der Waals surface area (Å²) >= 11 is 6.18. The standard InChI is InChI=1S/C23H22ClF3N4O2S/c1-30-12-21(28-14-30)34(32,33)31-11-19-18-5-3-2-4-15(18)9-22(19,13-31)29-10-16-6-7-17(8-20(16)24)23(25,26)27/h2-8,12,14,19,29H,9-11,13H2,1H3. The summed E-state index contributed by atoms with van der Waals surface area (Å²) in [6, 6.07) is 11.2. The molecule has 1 saturated heterocycles.